The molecule has 1 aliphatic heterocycles. The summed E-state index contributed by atoms with van der Waals surface area (Å²) in [6.45, 7) is 14.1. The number of hydrogen-bond acceptors (Lipinski definition) is 5. The van der Waals surface area contributed by atoms with Crippen molar-refractivity contribution in [2.75, 3.05) is 7.11 Å². The van der Waals surface area contributed by atoms with Crippen molar-refractivity contribution in [2.24, 2.45) is 15.4 Å². The average molecular weight is 483 g/mol. The topological polar surface area (TPSA) is 102 Å². The number of aliphatic hydroxyl groups is 1. The molecule has 3 unspecified atom stereocenters. The Morgan fingerprint density at radius 3 is 2.19 bits per heavy atom. The summed E-state index contributed by atoms with van der Waals surface area (Å²) in [5, 5.41) is 18.3. The van der Waals surface area contributed by atoms with Crippen LogP contribution in [0, 0.1) is 5.92 Å². The normalized spacial score (nSPS) is 21.1. The molecule has 3 N–H and O–H groups in total. The van der Waals surface area contributed by atoms with Crippen LogP contribution >= 0.6 is 11.8 Å². The minimum atomic E-state index is -3.30. The Balaban J connectivity index is 2.40. The standard InChI is InChI=1S/C24H38N2O4S2/c1-14(2)18-9-17(12-30-8)10-19(15(3)4)20(18)11-22(27)26-32(25,29)23-16(5)21(13-31-23)24(6,7)28/h9-10,13-16,23,28H,11-12H2,1-8H3,(H2,25,26,27,29). The zero-order valence-corrected chi connectivity index (χ0v) is 22.1. The lowest BCUT2D eigenvalue weighted by Crippen LogP contribution is -2.34. The lowest BCUT2D eigenvalue weighted by Gasteiger charge is -2.26. The van der Waals surface area contributed by atoms with Gasteiger partial charge in [0.1, 0.15) is 14.5 Å². The zero-order chi connectivity index (χ0) is 24.4. The van der Waals surface area contributed by atoms with Gasteiger partial charge in [0, 0.05) is 13.0 Å². The molecule has 3 atom stereocenters. The highest BCUT2D eigenvalue weighted by atomic mass is 32.3. The lowest BCUT2D eigenvalue weighted by atomic mass is 9.85. The van der Waals surface area contributed by atoms with E-state index < -0.39 is 26.0 Å². The first-order valence-corrected chi connectivity index (χ1v) is 13.6. The van der Waals surface area contributed by atoms with Crippen LogP contribution in [-0.2, 0) is 32.5 Å². The van der Waals surface area contributed by atoms with Crippen LogP contribution < -0.4 is 5.14 Å². The van der Waals surface area contributed by atoms with E-state index in [9.17, 15) is 14.1 Å². The molecule has 1 aromatic rings. The smallest absolute Gasteiger partial charge is 0.259 e. The molecule has 0 bridgehead atoms. The van der Waals surface area contributed by atoms with Gasteiger partial charge in [-0.1, -0.05) is 46.8 Å². The van der Waals surface area contributed by atoms with Crippen molar-refractivity contribution in [3.8, 4) is 0 Å². The van der Waals surface area contributed by atoms with Crippen LogP contribution in [0.4, 0.5) is 0 Å². The van der Waals surface area contributed by atoms with Crippen molar-refractivity contribution < 1.29 is 18.8 Å². The number of hydrogen-bond donors (Lipinski definition) is 2. The zero-order valence-electron chi connectivity index (χ0n) is 20.5. The third-order valence-corrected chi connectivity index (χ3v) is 9.56. The second kappa shape index (κ2) is 10.4. The van der Waals surface area contributed by atoms with E-state index >= 15 is 0 Å². The number of carbonyl (C=O) groups is 1. The van der Waals surface area contributed by atoms with E-state index in [4.69, 9.17) is 9.88 Å². The van der Waals surface area contributed by atoms with Gasteiger partial charge in [-0.15, -0.1) is 16.1 Å². The van der Waals surface area contributed by atoms with E-state index in [-0.39, 0.29) is 24.2 Å². The number of methoxy groups -OCH3 is 1. The molecule has 6 nitrogen and oxygen atoms in total. The molecule has 1 aromatic carbocycles. The van der Waals surface area contributed by atoms with E-state index in [1.807, 2.05) is 6.92 Å². The lowest BCUT2D eigenvalue weighted by molar-refractivity contribution is -0.117. The summed E-state index contributed by atoms with van der Waals surface area (Å²) in [7, 11) is -1.63. The van der Waals surface area contributed by atoms with Crippen molar-refractivity contribution in [2.45, 2.75) is 83.5 Å². The first kappa shape index (κ1) is 27.1. The van der Waals surface area contributed by atoms with Gasteiger partial charge in [0.15, 0.2) is 0 Å². The predicted molar refractivity (Wildman–Crippen MR) is 134 cm³/mol. The Kier molecular flexibility index (Phi) is 8.78. The number of carbonyl (C=O) groups excluding carboxylic acids is 1. The van der Waals surface area contributed by atoms with Crippen LogP contribution in [0.3, 0.4) is 0 Å². The van der Waals surface area contributed by atoms with Gasteiger partial charge in [-0.05, 0) is 58.9 Å². The highest BCUT2D eigenvalue weighted by Gasteiger charge is 2.39. The monoisotopic (exact) mass is 482 g/mol. The summed E-state index contributed by atoms with van der Waals surface area (Å²) < 4.78 is 22.0. The number of benzene rings is 1. The molecule has 0 saturated heterocycles. The first-order chi connectivity index (χ1) is 14.7. The van der Waals surface area contributed by atoms with E-state index in [1.54, 1.807) is 26.4 Å². The van der Waals surface area contributed by atoms with Crippen molar-refractivity contribution >= 4 is 27.6 Å². The number of rotatable bonds is 8. The van der Waals surface area contributed by atoms with Crippen LogP contribution in [0.5, 0.6) is 0 Å². The number of nitrogens with two attached hydrogens (primary N) is 1. The summed E-state index contributed by atoms with van der Waals surface area (Å²) in [5.41, 5.74) is 3.86. The largest absolute Gasteiger partial charge is 0.386 e. The third kappa shape index (κ3) is 6.23. The third-order valence-electron chi connectivity index (χ3n) is 5.77. The van der Waals surface area contributed by atoms with Gasteiger partial charge in [0.05, 0.1) is 18.6 Å². The van der Waals surface area contributed by atoms with Crippen molar-refractivity contribution in [1.82, 2.24) is 0 Å². The fourth-order valence-corrected chi connectivity index (χ4v) is 7.56. The fraction of sp³-hybridized carbons (Fsp3) is 0.625. The molecule has 0 aliphatic carbocycles. The Hall–Kier alpha value is -1.19. The second-order valence-electron chi connectivity index (χ2n) is 9.70. The molecule has 0 fully saturated rings. The summed E-state index contributed by atoms with van der Waals surface area (Å²) >= 11 is 1.28. The Morgan fingerprint density at radius 2 is 1.78 bits per heavy atom. The Labute approximate surface area is 197 Å². The molecule has 1 aliphatic rings. The van der Waals surface area contributed by atoms with Gasteiger partial charge in [-0.3, -0.25) is 4.79 Å². The average Bonchev–Trinajstić information content (AvgIpc) is 3.04. The van der Waals surface area contributed by atoms with Crippen LogP contribution in [0.25, 0.3) is 0 Å². The molecule has 2 rings (SSSR count). The molecule has 0 aromatic heterocycles. The van der Waals surface area contributed by atoms with Gasteiger partial charge in [0.25, 0.3) is 5.91 Å². The van der Waals surface area contributed by atoms with Crippen LogP contribution in [-0.4, -0.2) is 32.5 Å². The molecule has 8 heteroatoms. The maximum absolute atomic E-state index is 13.3. The summed E-state index contributed by atoms with van der Waals surface area (Å²) in [5.74, 6) is -0.318. The van der Waals surface area contributed by atoms with Crippen molar-refractivity contribution in [1.29, 1.82) is 0 Å². The second-order valence-corrected chi connectivity index (χ2v) is 12.9. The first-order valence-electron chi connectivity index (χ1n) is 11.0. The van der Waals surface area contributed by atoms with E-state index in [2.05, 4.69) is 44.2 Å². The van der Waals surface area contributed by atoms with E-state index in [0.29, 0.717) is 6.61 Å². The van der Waals surface area contributed by atoms with Crippen molar-refractivity contribution in [3.63, 3.8) is 0 Å². The molecular weight excluding hydrogens is 444 g/mol. The van der Waals surface area contributed by atoms with Crippen molar-refractivity contribution in [3.05, 3.63) is 45.4 Å². The van der Waals surface area contributed by atoms with Gasteiger partial charge < -0.3 is 9.84 Å². The molecular formula is C24H38N2O4S2. The Bertz CT molecular complexity index is 971. The molecule has 32 heavy (non-hydrogen) atoms. The molecule has 0 spiro atoms. The maximum atomic E-state index is 13.3. The minimum Gasteiger partial charge on any atom is -0.386 e. The van der Waals surface area contributed by atoms with Gasteiger partial charge in [0.2, 0.25) is 0 Å². The van der Waals surface area contributed by atoms with Gasteiger partial charge in [-0.25, -0.2) is 9.35 Å². The highest BCUT2D eigenvalue weighted by molar-refractivity contribution is 8.15. The number of amides is 1. The fourth-order valence-electron chi connectivity index (χ4n) is 4.25. The molecule has 1 amide bonds. The maximum Gasteiger partial charge on any atom is 0.259 e. The van der Waals surface area contributed by atoms with Gasteiger partial charge in [-0.2, -0.15) is 0 Å². The quantitative estimate of drug-likeness (QED) is 0.551. The molecule has 0 saturated carbocycles. The SMILES string of the molecule is COCc1cc(C(C)C)c(CC(=O)N=S(N)(=O)C2SC=C(C(C)(C)O)C2C)c(C(C)C)c1. The Morgan fingerprint density at radius 1 is 1.25 bits per heavy atom. The number of ether oxygens (including phenoxy) is 1. The summed E-state index contributed by atoms with van der Waals surface area (Å²) in [6.07, 6.45) is 0.0556. The van der Waals surface area contributed by atoms with Gasteiger partial charge >= 0.3 is 0 Å². The number of nitrogens with zero attached hydrogens (tertiary/aromatic N) is 1. The molecule has 180 valence electrons. The summed E-state index contributed by atoms with van der Waals surface area (Å²) in [6, 6.07) is 4.16. The minimum absolute atomic E-state index is 0.0556. The van der Waals surface area contributed by atoms with Crippen LogP contribution in [0.1, 0.15) is 82.6 Å². The van der Waals surface area contributed by atoms with Crippen LogP contribution in [0.15, 0.2) is 27.5 Å². The van der Waals surface area contributed by atoms with E-state index in [1.165, 1.54) is 11.8 Å². The van der Waals surface area contributed by atoms with Crippen LogP contribution in [0.2, 0.25) is 0 Å². The highest BCUT2D eigenvalue weighted by Crippen LogP contribution is 2.43. The molecule has 0 radical (unpaired) electrons. The predicted octanol–water partition coefficient (Wildman–Crippen LogP) is 4.85. The molecule has 1 heterocycles. The summed E-state index contributed by atoms with van der Waals surface area (Å²) in [4.78, 5) is 13.0. The van der Waals surface area contributed by atoms with E-state index in [0.717, 1.165) is 27.8 Å². The number of thioether (sulfide) groups is 1.